The Bertz CT molecular complexity index is 1460. The Morgan fingerprint density at radius 1 is 1.00 bits per heavy atom. The van der Waals surface area contributed by atoms with E-state index in [0.717, 1.165) is 73.7 Å². The number of nitrogens with zero attached hydrogens (tertiary/aromatic N) is 2. The molecular weight excluding hydrogens is 554 g/mol. The quantitative estimate of drug-likeness (QED) is 0.294. The molecule has 0 saturated carbocycles. The van der Waals surface area contributed by atoms with Crippen LogP contribution in [-0.2, 0) is 21.4 Å². The number of aryl methyl sites for hydroxylation is 2. The van der Waals surface area contributed by atoms with Gasteiger partial charge in [-0.1, -0.05) is 17.2 Å². The molecule has 5 heterocycles. The minimum absolute atomic E-state index is 0.0859. The van der Waals surface area contributed by atoms with Crippen molar-refractivity contribution in [3.05, 3.63) is 45.8 Å². The van der Waals surface area contributed by atoms with Crippen LogP contribution in [0.4, 0.5) is 0 Å². The van der Waals surface area contributed by atoms with Crippen molar-refractivity contribution in [3.8, 4) is 11.3 Å². The largest absolute Gasteiger partial charge is 0.354 e. The number of fused-ring (bicyclic) bond motifs is 3. The van der Waals surface area contributed by atoms with Crippen molar-refractivity contribution < 1.29 is 9.59 Å². The number of hydrogen-bond acceptors (Lipinski definition) is 5. The lowest BCUT2D eigenvalue weighted by atomic mass is 9.88. The van der Waals surface area contributed by atoms with Gasteiger partial charge in [-0.15, -0.1) is 11.3 Å². The molecule has 3 aromatic rings. The van der Waals surface area contributed by atoms with Crippen molar-refractivity contribution >= 4 is 33.4 Å². The summed E-state index contributed by atoms with van der Waals surface area (Å²) in [7, 11) is 0. The molecule has 1 atom stereocenters. The maximum Gasteiger partial charge on any atom is 0.233 e. The first-order valence-corrected chi connectivity index (χ1v) is 17.1. The van der Waals surface area contributed by atoms with Gasteiger partial charge in [-0.25, -0.2) is 0 Å². The van der Waals surface area contributed by atoms with Gasteiger partial charge < -0.3 is 20.5 Å². The van der Waals surface area contributed by atoms with Gasteiger partial charge in [-0.3, -0.25) is 14.5 Å². The molecule has 0 spiro atoms. The molecule has 0 radical (unpaired) electrons. The van der Waals surface area contributed by atoms with Crippen molar-refractivity contribution in [2.24, 2.45) is 0 Å². The lowest BCUT2D eigenvalue weighted by Crippen LogP contribution is -2.50. The fourth-order valence-corrected chi connectivity index (χ4v) is 8.98. The van der Waals surface area contributed by atoms with E-state index in [1.54, 1.807) is 11.3 Å². The van der Waals surface area contributed by atoms with E-state index in [1.807, 2.05) is 13.8 Å². The molecule has 6 rings (SSSR count). The van der Waals surface area contributed by atoms with Gasteiger partial charge in [0.2, 0.25) is 11.8 Å². The molecule has 3 saturated heterocycles. The number of H-pyrrole nitrogens is 1. The number of piperazine rings is 1. The van der Waals surface area contributed by atoms with E-state index in [0.29, 0.717) is 18.5 Å². The van der Waals surface area contributed by atoms with Gasteiger partial charge in [0, 0.05) is 67.0 Å². The van der Waals surface area contributed by atoms with Crippen LogP contribution in [0.1, 0.15) is 81.4 Å². The third-order valence-corrected chi connectivity index (χ3v) is 11.3. The van der Waals surface area contributed by atoms with Gasteiger partial charge in [0.1, 0.15) is 4.83 Å². The summed E-state index contributed by atoms with van der Waals surface area (Å²) in [5.41, 5.74) is 5.48. The molecule has 7 nitrogen and oxygen atoms in total. The molecule has 2 aromatic heterocycles. The lowest BCUT2D eigenvalue weighted by Gasteiger charge is -2.35. The first-order chi connectivity index (χ1) is 20.5. The third-order valence-electron chi connectivity index (χ3n) is 9.92. The van der Waals surface area contributed by atoms with Crippen LogP contribution in [0, 0.1) is 13.8 Å². The highest BCUT2D eigenvalue weighted by Crippen LogP contribution is 2.45. The minimum atomic E-state index is -0.581. The predicted molar refractivity (Wildman–Crippen MR) is 177 cm³/mol. The van der Waals surface area contributed by atoms with Crippen molar-refractivity contribution in [1.29, 1.82) is 0 Å². The summed E-state index contributed by atoms with van der Waals surface area (Å²) in [6.07, 6.45) is 5.85. The highest BCUT2D eigenvalue weighted by atomic mass is 32.1. The smallest absolute Gasteiger partial charge is 0.233 e. The van der Waals surface area contributed by atoms with Crippen molar-refractivity contribution in [1.82, 2.24) is 25.4 Å². The fourth-order valence-electron chi connectivity index (χ4n) is 7.80. The zero-order valence-corrected chi connectivity index (χ0v) is 27.6. The Hall–Kier alpha value is -2.68. The van der Waals surface area contributed by atoms with Crippen LogP contribution in [0.25, 0.3) is 21.5 Å². The monoisotopic (exact) mass is 603 g/mol. The van der Waals surface area contributed by atoms with Crippen LogP contribution < -0.4 is 10.6 Å². The van der Waals surface area contributed by atoms with E-state index < -0.39 is 5.41 Å². The molecule has 43 heavy (non-hydrogen) atoms. The van der Waals surface area contributed by atoms with E-state index >= 15 is 0 Å². The molecule has 3 N–H and O–H groups in total. The number of aromatic amines is 1. The van der Waals surface area contributed by atoms with Crippen LogP contribution in [0.3, 0.4) is 0 Å². The second-order valence-corrected chi connectivity index (χ2v) is 15.1. The Kier molecular flexibility index (Phi) is 8.48. The summed E-state index contributed by atoms with van der Waals surface area (Å²) >= 11 is 1.73. The minimum Gasteiger partial charge on any atom is -0.354 e. The number of hydrogen-bond donors (Lipinski definition) is 3. The SMILES string of the molecule is Cc1cc(C)cc(-c2[nH]c3sc(C(C)(C)C(=O)N4C5CCC4CC5)cc3c2CC(CC(=O)NC(C)C)N2CCNCC2)c1. The summed E-state index contributed by atoms with van der Waals surface area (Å²) in [4.78, 5) is 37.9. The first kappa shape index (κ1) is 30.4. The molecule has 3 aliphatic heterocycles. The topological polar surface area (TPSA) is 80.5 Å². The van der Waals surface area contributed by atoms with Crippen LogP contribution in [-0.4, -0.2) is 76.9 Å². The van der Waals surface area contributed by atoms with Gasteiger partial charge >= 0.3 is 0 Å². The normalized spacial score (nSPS) is 21.7. The van der Waals surface area contributed by atoms with E-state index in [9.17, 15) is 9.59 Å². The number of amides is 2. The average Bonchev–Trinajstić information content (AvgIpc) is 3.73. The van der Waals surface area contributed by atoms with Gasteiger partial charge in [-0.2, -0.15) is 0 Å². The lowest BCUT2D eigenvalue weighted by molar-refractivity contribution is -0.137. The number of carbonyl (C=O) groups excluding carboxylic acids is 2. The van der Waals surface area contributed by atoms with E-state index in [-0.39, 0.29) is 23.9 Å². The second-order valence-electron chi connectivity index (χ2n) is 14.1. The summed E-state index contributed by atoms with van der Waals surface area (Å²) < 4.78 is 0. The Morgan fingerprint density at radius 2 is 1.63 bits per heavy atom. The second kappa shape index (κ2) is 12.0. The number of thiophene rings is 1. The zero-order valence-electron chi connectivity index (χ0n) is 26.8. The molecule has 1 unspecified atom stereocenters. The summed E-state index contributed by atoms with van der Waals surface area (Å²) in [6, 6.07) is 10.1. The van der Waals surface area contributed by atoms with E-state index in [4.69, 9.17) is 0 Å². The number of benzene rings is 1. The van der Waals surface area contributed by atoms with Gasteiger partial charge in [0.25, 0.3) is 0 Å². The van der Waals surface area contributed by atoms with Crippen molar-refractivity contribution in [2.45, 2.75) is 110 Å². The predicted octanol–water partition coefficient (Wildman–Crippen LogP) is 5.68. The van der Waals surface area contributed by atoms with Crippen molar-refractivity contribution in [3.63, 3.8) is 0 Å². The Balaban J connectivity index is 1.40. The average molecular weight is 604 g/mol. The zero-order chi connectivity index (χ0) is 30.5. The molecule has 0 aliphatic carbocycles. The van der Waals surface area contributed by atoms with Gasteiger partial charge in [0.15, 0.2) is 0 Å². The molecule has 1 aromatic carbocycles. The maximum absolute atomic E-state index is 14.0. The highest BCUT2D eigenvalue weighted by Gasteiger charge is 2.47. The Labute approximate surface area is 260 Å². The van der Waals surface area contributed by atoms with Gasteiger partial charge in [-0.05, 0) is 103 Å². The maximum atomic E-state index is 14.0. The third kappa shape index (κ3) is 6.03. The van der Waals surface area contributed by atoms with Gasteiger partial charge in [0.05, 0.1) is 11.1 Å². The van der Waals surface area contributed by atoms with Crippen LogP contribution in [0.15, 0.2) is 24.3 Å². The molecule has 3 fully saturated rings. The highest BCUT2D eigenvalue weighted by molar-refractivity contribution is 7.19. The van der Waals surface area contributed by atoms with Crippen LogP contribution in [0.2, 0.25) is 0 Å². The Morgan fingerprint density at radius 3 is 2.23 bits per heavy atom. The van der Waals surface area contributed by atoms with E-state index in [2.05, 4.69) is 77.4 Å². The van der Waals surface area contributed by atoms with Crippen LogP contribution >= 0.6 is 11.3 Å². The summed E-state index contributed by atoms with van der Waals surface area (Å²) in [5.74, 6) is 0.387. The molecule has 2 amide bonds. The number of nitrogens with one attached hydrogen (secondary N) is 3. The summed E-state index contributed by atoms with van der Waals surface area (Å²) in [6.45, 7) is 16.3. The van der Waals surface area contributed by atoms with Crippen LogP contribution in [0.5, 0.6) is 0 Å². The first-order valence-electron chi connectivity index (χ1n) is 16.3. The number of carbonyl (C=O) groups is 2. The molecule has 232 valence electrons. The number of aromatic nitrogens is 1. The molecule has 3 aliphatic rings. The van der Waals surface area contributed by atoms with E-state index in [1.165, 1.54) is 27.6 Å². The standard InChI is InChI=1S/C35H49N5O2S/c1-21(2)37-31(41)19-27(39-13-11-36-12-14-39)18-28-29-20-30(35(5,6)34(42)40-25-7-8-26(40)10-9-25)43-33(29)38-32(28)24-16-22(3)15-23(4)17-24/h15-17,20-21,25-27,36,38H,7-14,18-19H2,1-6H3,(H,37,41). The molecule has 8 heteroatoms. The summed E-state index contributed by atoms with van der Waals surface area (Å²) in [5, 5.41) is 7.81. The molecule has 2 bridgehead atoms. The van der Waals surface area contributed by atoms with Crippen molar-refractivity contribution in [2.75, 3.05) is 26.2 Å². The molecular formula is C35H49N5O2S. The fraction of sp³-hybridized carbons (Fsp3) is 0.600. The number of rotatable bonds is 9.